The molecule has 0 radical (unpaired) electrons. The molecule has 4 aromatic carbocycles. The second-order valence-corrected chi connectivity index (χ2v) is 10.4. The molecule has 4 aromatic rings. The highest BCUT2D eigenvalue weighted by molar-refractivity contribution is 6.42. The third kappa shape index (κ3) is 8.44. The summed E-state index contributed by atoms with van der Waals surface area (Å²) in [5.74, 6) is -0.291. The topological polar surface area (TPSA) is 84.7 Å². The first kappa shape index (κ1) is 30.3. The lowest BCUT2D eigenvalue weighted by Crippen LogP contribution is -2.32. The minimum absolute atomic E-state index is 0.0176. The lowest BCUT2D eigenvalue weighted by atomic mass is 10.1. The normalized spacial score (nSPS) is 10.8. The fourth-order valence-electron chi connectivity index (χ4n) is 4.06. The minimum atomic E-state index is -0.413. The van der Waals surface area contributed by atoms with Crippen molar-refractivity contribution in [3.8, 4) is 11.5 Å². The van der Waals surface area contributed by atoms with E-state index in [-0.39, 0.29) is 37.7 Å². The number of nitrogens with one attached hydrogen (secondary N) is 1. The number of anilines is 1. The highest BCUT2D eigenvalue weighted by Crippen LogP contribution is 2.37. The monoisotopic (exact) mass is 613 g/mol. The van der Waals surface area contributed by atoms with Crippen molar-refractivity contribution in [2.75, 3.05) is 4.90 Å². The first-order valence-corrected chi connectivity index (χ1v) is 13.9. The predicted molar refractivity (Wildman–Crippen MR) is 161 cm³/mol. The van der Waals surface area contributed by atoms with Crippen molar-refractivity contribution in [1.82, 2.24) is 5.32 Å². The lowest BCUT2D eigenvalue weighted by molar-refractivity contribution is -0.125. The van der Waals surface area contributed by atoms with E-state index < -0.39 is 5.82 Å². The highest BCUT2D eigenvalue weighted by atomic mass is 35.5. The Kier molecular flexibility index (Phi) is 10.6. The van der Waals surface area contributed by atoms with Crippen LogP contribution < -0.4 is 20.7 Å². The summed E-state index contributed by atoms with van der Waals surface area (Å²) in [5, 5.41) is 3.80. The van der Waals surface area contributed by atoms with Gasteiger partial charge in [0.25, 0.3) is 0 Å². The van der Waals surface area contributed by atoms with E-state index in [0.717, 1.165) is 5.56 Å². The van der Waals surface area contributed by atoms with Gasteiger partial charge in [0.2, 0.25) is 11.8 Å². The SMILES string of the molecule is NCc1cccc(Oc2cc(Cl)ccc2N(Cc2ccc(Cl)c(Cl)c2)C(=O)CCC(=O)NCc2ccccc2F)c1. The maximum absolute atomic E-state index is 13.9. The predicted octanol–water partition coefficient (Wildman–Crippen LogP) is 7.67. The van der Waals surface area contributed by atoms with Gasteiger partial charge in [0.05, 0.1) is 22.3 Å². The highest BCUT2D eigenvalue weighted by Gasteiger charge is 2.22. The van der Waals surface area contributed by atoms with Crippen LogP contribution in [0.4, 0.5) is 10.1 Å². The second-order valence-electron chi connectivity index (χ2n) is 9.16. The minimum Gasteiger partial charge on any atom is -0.455 e. The number of rotatable bonds is 11. The Hall–Kier alpha value is -3.62. The van der Waals surface area contributed by atoms with Crippen LogP contribution in [-0.2, 0) is 29.2 Å². The molecule has 0 atom stereocenters. The van der Waals surface area contributed by atoms with E-state index >= 15 is 0 Å². The summed E-state index contributed by atoms with van der Waals surface area (Å²) in [7, 11) is 0. The van der Waals surface area contributed by atoms with Gasteiger partial charge in [0.1, 0.15) is 11.6 Å². The molecule has 212 valence electrons. The van der Waals surface area contributed by atoms with Crippen molar-refractivity contribution in [3.05, 3.63) is 123 Å². The second kappa shape index (κ2) is 14.3. The molecule has 0 aliphatic rings. The molecular formula is C31H27Cl3FN3O3. The number of benzene rings is 4. The van der Waals surface area contributed by atoms with Gasteiger partial charge in [-0.3, -0.25) is 9.59 Å². The molecule has 0 saturated carbocycles. The Labute approximate surface area is 252 Å². The summed E-state index contributed by atoms with van der Waals surface area (Å²) in [5.41, 5.74) is 8.16. The molecule has 6 nitrogen and oxygen atoms in total. The number of hydrogen-bond acceptors (Lipinski definition) is 4. The first-order valence-electron chi connectivity index (χ1n) is 12.7. The number of hydrogen-bond donors (Lipinski definition) is 2. The van der Waals surface area contributed by atoms with Crippen molar-refractivity contribution < 1.29 is 18.7 Å². The molecule has 0 spiro atoms. The van der Waals surface area contributed by atoms with Crippen LogP contribution in [0.1, 0.15) is 29.5 Å². The van der Waals surface area contributed by atoms with Gasteiger partial charge in [-0.2, -0.15) is 0 Å². The largest absolute Gasteiger partial charge is 0.455 e. The maximum atomic E-state index is 13.9. The average Bonchev–Trinajstić information content (AvgIpc) is 2.96. The summed E-state index contributed by atoms with van der Waals surface area (Å²) in [6.45, 7) is 0.470. The zero-order chi connectivity index (χ0) is 29.4. The molecule has 0 heterocycles. The molecule has 4 rings (SSSR count). The van der Waals surface area contributed by atoms with E-state index in [9.17, 15) is 14.0 Å². The van der Waals surface area contributed by atoms with Gasteiger partial charge in [0.15, 0.2) is 5.75 Å². The Balaban J connectivity index is 1.58. The quantitative estimate of drug-likeness (QED) is 0.182. The van der Waals surface area contributed by atoms with Crippen LogP contribution in [0.25, 0.3) is 0 Å². The van der Waals surface area contributed by atoms with Crippen LogP contribution >= 0.6 is 34.8 Å². The molecular weight excluding hydrogens is 588 g/mol. The Morgan fingerprint density at radius 3 is 2.41 bits per heavy atom. The van der Waals surface area contributed by atoms with Crippen molar-refractivity contribution >= 4 is 52.3 Å². The van der Waals surface area contributed by atoms with E-state index in [2.05, 4.69) is 5.32 Å². The standard InChI is InChI=1S/C31H27Cl3FN3O3/c32-23-9-11-28(29(16-23)41-24-6-3-4-20(14-24)17-36)38(19-21-8-10-25(33)26(34)15-21)31(40)13-12-30(39)37-18-22-5-1-2-7-27(22)35/h1-11,14-16H,12-13,17-19,36H2,(H,37,39). The lowest BCUT2D eigenvalue weighted by Gasteiger charge is -2.26. The van der Waals surface area contributed by atoms with Crippen LogP contribution in [0.15, 0.2) is 84.9 Å². The zero-order valence-electron chi connectivity index (χ0n) is 21.9. The summed E-state index contributed by atoms with van der Waals surface area (Å²) in [4.78, 5) is 27.7. The number of nitrogens with two attached hydrogens (primary N) is 1. The maximum Gasteiger partial charge on any atom is 0.227 e. The van der Waals surface area contributed by atoms with Gasteiger partial charge in [-0.05, 0) is 53.6 Å². The van der Waals surface area contributed by atoms with Crippen LogP contribution in [0.2, 0.25) is 15.1 Å². The molecule has 0 bridgehead atoms. The molecule has 0 aliphatic carbocycles. The van der Waals surface area contributed by atoms with E-state index in [0.29, 0.717) is 49.9 Å². The van der Waals surface area contributed by atoms with Gasteiger partial charge >= 0.3 is 0 Å². The van der Waals surface area contributed by atoms with E-state index in [1.54, 1.807) is 66.7 Å². The van der Waals surface area contributed by atoms with Crippen LogP contribution in [0.3, 0.4) is 0 Å². The van der Waals surface area contributed by atoms with Crippen LogP contribution in [0.5, 0.6) is 11.5 Å². The first-order chi connectivity index (χ1) is 19.7. The van der Waals surface area contributed by atoms with Crippen LogP contribution in [-0.4, -0.2) is 11.8 Å². The molecule has 2 amide bonds. The van der Waals surface area contributed by atoms with Crippen molar-refractivity contribution in [3.63, 3.8) is 0 Å². The number of carbonyl (C=O) groups excluding carboxylic acids is 2. The number of halogens is 4. The Morgan fingerprint density at radius 2 is 1.66 bits per heavy atom. The number of ether oxygens (including phenoxy) is 1. The van der Waals surface area contributed by atoms with E-state index in [1.165, 1.54) is 11.0 Å². The van der Waals surface area contributed by atoms with Crippen LogP contribution in [0, 0.1) is 5.82 Å². The van der Waals surface area contributed by atoms with Crippen molar-refractivity contribution in [2.24, 2.45) is 5.73 Å². The number of nitrogens with zero attached hydrogens (tertiary/aromatic N) is 1. The summed E-state index contributed by atoms with van der Waals surface area (Å²) >= 11 is 18.6. The van der Waals surface area contributed by atoms with E-state index in [1.807, 2.05) is 12.1 Å². The third-order valence-corrected chi connectivity index (χ3v) is 7.17. The third-order valence-electron chi connectivity index (χ3n) is 6.20. The fourth-order valence-corrected chi connectivity index (χ4v) is 4.55. The van der Waals surface area contributed by atoms with Gasteiger partial charge in [-0.25, -0.2) is 4.39 Å². The molecule has 0 fully saturated rings. The molecule has 0 aromatic heterocycles. The van der Waals surface area contributed by atoms with Gasteiger partial charge in [0, 0.05) is 42.6 Å². The summed E-state index contributed by atoms with van der Waals surface area (Å²) in [6, 6.07) is 23.5. The Morgan fingerprint density at radius 1 is 0.854 bits per heavy atom. The molecule has 0 aliphatic heterocycles. The summed E-state index contributed by atoms with van der Waals surface area (Å²) in [6.07, 6.45) is -0.220. The van der Waals surface area contributed by atoms with Gasteiger partial charge < -0.3 is 20.7 Å². The zero-order valence-corrected chi connectivity index (χ0v) is 24.1. The molecule has 3 N–H and O–H groups in total. The van der Waals surface area contributed by atoms with Gasteiger partial charge in [-0.15, -0.1) is 0 Å². The summed E-state index contributed by atoms with van der Waals surface area (Å²) < 4.78 is 20.1. The molecule has 10 heteroatoms. The Bertz CT molecular complexity index is 1550. The van der Waals surface area contributed by atoms with Gasteiger partial charge in [-0.1, -0.05) is 71.2 Å². The van der Waals surface area contributed by atoms with Crippen molar-refractivity contribution in [1.29, 1.82) is 0 Å². The molecule has 0 unspecified atom stereocenters. The number of amides is 2. The fraction of sp³-hybridized carbons (Fsp3) is 0.161. The number of carbonyl (C=O) groups is 2. The van der Waals surface area contributed by atoms with Crippen molar-refractivity contribution in [2.45, 2.75) is 32.5 Å². The molecule has 0 saturated heterocycles. The van der Waals surface area contributed by atoms with E-state index in [4.69, 9.17) is 45.3 Å². The smallest absolute Gasteiger partial charge is 0.227 e. The molecule has 41 heavy (non-hydrogen) atoms. The average molecular weight is 615 g/mol.